The molecule has 0 bridgehead atoms. The van der Waals surface area contributed by atoms with Gasteiger partial charge in [-0.3, -0.25) is 4.79 Å². The van der Waals surface area contributed by atoms with Gasteiger partial charge in [0.25, 0.3) is 0 Å². The molecule has 3 aromatic rings. The first-order valence-electron chi connectivity index (χ1n) is 7.46. The fraction of sp³-hybridized carbons (Fsp3) is 0.312. The minimum absolute atomic E-state index is 0.162. The number of carbonyl (C=O) groups excluding carboxylic acids is 1. The quantitative estimate of drug-likeness (QED) is 0.577. The molecule has 1 unspecified atom stereocenters. The number of nitrogens with zero attached hydrogens (tertiary/aromatic N) is 5. The van der Waals surface area contributed by atoms with Gasteiger partial charge in [0.1, 0.15) is 10.8 Å². The van der Waals surface area contributed by atoms with E-state index in [-0.39, 0.29) is 11.5 Å². The number of thiophene rings is 1. The second kappa shape index (κ2) is 7.91. The van der Waals surface area contributed by atoms with Crippen molar-refractivity contribution in [1.29, 1.82) is 5.26 Å². The van der Waals surface area contributed by atoms with Gasteiger partial charge in [-0.25, -0.2) is 4.98 Å². The third-order valence-electron chi connectivity index (χ3n) is 3.52. The zero-order valence-corrected chi connectivity index (χ0v) is 16.1. The highest BCUT2D eigenvalue weighted by molar-refractivity contribution is 7.99. The van der Waals surface area contributed by atoms with Gasteiger partial charge in [-0.15, -0.1) is 32.9 Å². The summed E-state index contributed by atoms with van der Waals surface area (Å²) in [5.41, 5.74) is 0.826. The summed E-state index contributed by atoms with van der Waals surface area (Å²) in [6, 6.07) is 6.13. The van der Waals surface area contributed by atoms with Crippen LogP contribution < -0.4 is 0 Å². The van der Waals surface area contributed by atoms with E-state index in [1.165, 1.54) is 28.0 Å². The summed E-state index contributed by atoms with van der Waals surface area (Å²) in [6.45, 7) is 1.85. The van der Waals surface area contributed by atoms with Crippen molar-refractivity contribution < 1.29 is 4.79 Å². The summed E-state index contributed by atoms with van der Waals surface area (Å²) in [4.78, 5) is 17.9. The van der Waals surface area contributed by atoms with Crippen LogP contribution in [0.2, 0.25) is 0 Å². The van der Waals surface area contributed by atoms with Crippen LogP contribution in [0.5, 0.6) is 0 Å². The summed E-state index contributed by atoms with van der Waals surface area (Å²) in [7, 11) is 1.89. The van der Waals surface area contributed by atoms with Gasteiger partial charge in [0.05, 0.1) is 11.8 Å². The molecule has 0 spiro atoms. The highest BCUT2D eigenvalue weighted by atomic mass is 32.2. The number of rotatable bonds is 7. The molecule has 0 fully saturated rings. The minimum Gasteiger partial charge on any atom is -0.309 e. The van der Waals surface area contributed by atoms with E-state index >= 15 is 0 Å². The first kappa shape index (κ1) is 17.8. The molecule has 0 aliphatic heterocycles. The van der Waals surface area contributed by atoms with Crippen LogP contribution in [-0.4, -0.2) is 31.3 Å². The Balaban J connectivity index is 1.64. The number of thioether (sulfide) groups is 1. The minimum atomic E-state index is -0.815. The average molecular weight is 390 g/mol. The van der Waals surface area contributed by atoms with E-state index in [2.05, 4.69) is 27.3 Å². The number of aromatic nitrogens is 4. The van der Waals surface area contributed by atoms with Crippen molar-refractivity contribution in [2.45, 2.75) is 24.4 Å². The number of ketones is 1. The number of hydrogen-bond acceptors (Lipinski definition) is 8. The zero-order valence-electron chi connectivity index (χ0n) is 13.7. The molecule has 128 valence electrons. The fourth-order valence-electron chi connectivity index (χ4n) is 2.18. The molecule has 0 N–H and O–H groups in total. The Morgan fingerprint density at radius 2 is 2.28 bits per heavy atom. The summed E-state index contributed by atoms with van der Waals surface area (Å²) in [5.74, 6) is 0.0430. The van der Waals surface area contributed by atoms with Crippen LogP contribution in [0, 0.1) is 18.3 Å². The zero-order chi connectivity index (χ0) is 17.8. The van der Waals surface area contributed by atoms with Gasteiger partial charge in [0.15, 0.2) is 16.9 Å². The number of carbonyl (C=O) groups is 1. The van der Waals surface area contributed by atoms with E-state index in [1.807, 2.05) is 35.4 Å². The molecule has 6 nitrogen and oxygen atoms in total. The summed E-state index contributed by atoms with van der Waals surface area (Å²) >= 11 is 4.33. The van der Waals surface area contributed by atoms with Crippen molar-refractivity contribution in [1.82, 2.24) is 19.7 Å². The van der Waals surface area contributed by atoms with Crippen LogP contribution in [0.1, 0.15) is 27.3 Å². The summed E-state index contributed by atoms with van der Waals surface area (Å²) in [5, 5.41) is 22.8. The van der Waals surface area contributed by atoms with Crippen molar-refractivity contribution in [3.8, 4) is 6.07 Å². The summed E-state index contributed by atoms with van der Waals surface area (Å²) in [6.07, 6.45) is 0.717. The Bertz CT molecular complexity index is 907. The largest absolute Gasteiger partial charge is 0.309 e. The second-order valence-electron chi connectivity index (χ2n) is 5.36. The van der Waals surface area contributed by atoms with Gasteiger partial charge in [-0.05, 0) is 18.4 Å². The normalized spacial score (nSPS) is 12.0. The molecule has 0 saturated carbocycles. The van der Waals surface area contributed by atoms with Gasteiger partial charge < -0.3 is 4.57 Å². The first-order chi connectivity index (χ1) is 12.1. The average Bonchev–Trinajstić information content (AvgIpc) is 3.32. The van der Waals surface area contributed by atoms with Gasteiger partial charge in [0.2, 0.25) is 0 Å². The predicted molar refractivity (Wildman–Crippen MR) is 99.1 cm³/mol. The number of hydrogen-bond donors (Lipinski definition) is 0. The Morgan fingerprint density at radius 3 is 2.92 bits per heavy atom. The maximum absolute atomic E-state index is 12.4. The maximum Gasteiger partial charge on any atom is 0.191 e. The van der Waals surface area contributed by atoms with E-state index < -0.39 is 5.92 Å². The van der Waals surface area contributed by atoms with E-state index in [9.17, 15) is 10.1 Å². The Hall–Kier alpha value is -2.02. The Morgan fingerprint density at radius 1 is 1.44 bits per heavy atom. The van der Waals surface area contributed by atoms with Crippen molar-refractivity contribution in [2.24, 2.45) is 7.05 Å². The summed E-state index contributed by atoms with van der Waals surface area (Å²) < 4.78 is 1.90. The number of aryl methyl sites for hydroxylation is 1. The van der Waals surface area contributed by atoms with E-state index in [0.717, 1.165) is 17.9 Å². The topological polar surface area (TPSA) is 84.5 Å². The Kier molecular flexibility index (Phi) is 5.63. The lowest BCUT2D eigenvalue weighted by molar-refractivity contribution is -0.116. The number of nitriles is 1. The van der Waals surface area contributed by atoms with Crippen molar-refractivity contribution in [3.63, 3.8) is 0 Å². The molecular formula is C16H15N5OS3. The predicted octanol–water partition coefficient (Wildman–Crippen LogP) is 3.20. The Labute approximate surface area is 157 Å². The van der Waals surface area contributed by atoms with E-state index in [0.29, 0.717) is 10.2 Å². The third kappa shape index (κ3) is 4.15. The maximum atomic E-state index is 12.4. The van der Waals surface area contributed by atoms with E-state index in [1.54, 1.807) is 11.3 Å². The molecule has 0 radical (unpaired) electrons. The molecule has 9 heteroatoms. The van der Waals surface area contributed by atoms with Crippen molar-refractivity contribution in [3.05, 3.63) is 44.3 Å². The lowest BCUT2D eigenvalue weighted by Crippen LogP contribution is -2.13. The fourth-order valence-corrected chi connectivity index (χ4v) is 4.58. The van der Waals surface area contributed by atoms with Crippen LogP contribution in [0.25, 0.3) is 0 Å². The van der Waals surface area contributed by atoms with Crippen LogP contribution in [0.15, 0.2) is 28.0 Å². The van der Waals surface area contributed by atoms with Crippen molar-refractivity contribution >= 4 is 40.2 Å². The van der Waals surface area contributed by atoms with Crippen molar-refractivity contribution in [2.75, 3.05) is 5.75 Å². The molecule has 3 aromatic heterocycles. The highest BCUT2D eigenvalue weighted by Crippen LogP contribution is 2.25. The highest BCUT2D eigenvalue weighted by Gasteiger charge is 2.24. The molecule has 25 heavy (non-hydrogen) atoms. The molecule has 0 aromatic carbocycles. The van der Waals surface area contributed by atoms with Crippen LogP contribution in [-0.2, 0) is 18.3 Å². The molecule has 0 aliphatic carbocycles. The number of Topliss-reactive ketones (excluding diaryl/α,β-unsaturated/α-hetero) is 1. The van der Waals surface area contributed by atoms with Gasteiger partial charge >= 0.3 is 0 Å². The molecule has 0 saturated heterocycles. The molecule has 3 rings (SSSR count). The molecular weight excluding hydrogens is 374 g/mol. The monoisotopic (exact) mass is 389 g/mol. The molecule has 1 atom stereocenters. The van der Waals surface area contributed by atoms with Crippen LogP contribution >= 0.6 is 34.4 Å². The smallest absolute Gasteiger partial charge is 0.191 e. The van der Waals surface area contributed by atoms with Crippen LogP contribution in [0.3, 0.4) is 0 Å². The lowest BCUT2D eigenvalue weighted by Gasteiger charge is -2.05. The number of thiazole rings is 1. The standard InChI is InChI=1S/C16H15N5OS3/c1-10-8-24-15(18-10)12(7-17)13(22)9-25-16-20-19-14(21(16)2)6-11-4-3-5-23-11/h3-5,8,12H,6,9H2,1-2H3. The SMILES string of the molecule is Cc1csc(C(C#N)C(=O)CSc2nnc(Cc3cccs3)n2C)n1. The van der Waals surface area contributed by atoms with Gasteiger partial charge in [0, 0.05) is 29.4 Å². The van der Waals surface area contributed by atoms with Gasteiger partial charge in [-0.2, -0.15) is 5.26 Å². The van der Waals surface area contributed by atoms with Crippen LogP contribution in [0.4, 0.5) is 0 Å². The lowest BCUT2D eigenvalue weighted by atomic mass is 10.1. The first-order valence-corrected chi connectivity index (χ1v) is 10.2. The van der Waals surface area contributed by atoms with E-state index in [4.69, 9.17) is 0 Å². The third-order valence-corrected chi connectivity index (χ3v) is 6.46. The van der Waals surface area contributed by atoms with Gasteiger partial charge in [-0.1, -0.05) is 17.8 Å². The second-order valence-corrected chi connectivity index (χ2v) is 8.22. The molecule has 0 aliphatic rings. The molecule has 3 heterocycles. The molecule has 0 amide bonds.